The number of alkyl carbamates (subject to hydrolysis) is 1. The Balaban J connectivity index is 1.77. The van der Waals surface area contributed by atoms with Crippen LogP contribution in [0.15, 0.2) is 18.2 Å². The zero-order chi connectivity index (χ0) is 30.3. The molecule has 4 amide bonds. The number of ether oxygens (including phenoxy) is 1. The zero-order valence-electron chi connectivity index (χ0n) is 25.2. The van der Waals surface area contributed by atoms with E-state index < -0.39 is 41.4 Å². The molecule has 2 aliphatic rings. The van der Waals surface area contributed by atoms with Crippen LogP contribution in [0, 0.1) is 17.7 Å². The number of nitrogens with zero attached hydrogens (tertiary/aromatic N) is 2. The van der Waals surface area contributed by atoms with Crippen LogP contribution in [0.3, 0.4) is 0 Å². The first kappa shape index (κ1) is 32.3. The molecule has 1 aromatic rings. The first-order chi connectivity index (χ1) is 19.3. The van der Waals surface area contributed by atoms with E-state index in [2.05, 4.69) is 27.8 Å². The number of carbonyl (C=O) groups is 4. The number of hydrogen-bond acceptors (Lipinski definition) is 6. The molecular weight excluding hydrogens is 529 g/mol. The monoisotopic (exact) mass is 575 g/mol. The Labute approximate surface area is 242 Å². The summed E-state index contributed by atoms with van der Waals surface area (Å²) >= 11 is 0. The molecule has 1 aromatic carbocycles. The van der Waals surface area contributed by atoms with Gasteiger partial charge in [0, 0.05) is 32.1 Å². The lowest BCUT2D eigenvalue weighted by molar-refractivity contribution is -0.135. The topological polar surface area (TPSA) is 120 Å². The standard InChI is InChI=1S/C30H46FN5O5/c1-19-7-9-21(10-8-19)26(32-18-37)27(38)33-24-12-11-22(17-23(24)31)20(2)25(34-29(40)41-30(3,4)5)28(39)36-15-13-35(6)14-16-36/h11-12,17-21,25-26H,7-10,13-16H2,1-6H3,(H,32,37)(H,33,38)(H,34,40)/t19-,20-,21-,25+,26-/m0/s1. The van der Waals surface area contributed by atoms with Crippen LogP contribution >= 0.6 is 0 Å². The summed E-state index contributed by atoms with van der Waals surface area (Å²) in [5.74, 6) is -1.44. The maximum absolute atomic E-state index is 15.3. The minimum Gasteiger partial charge on any atom is -0.444 e. The van der Waals surface area contributed by atoms with E-state index in [1.165, 1.54) is 12.1 Å². The molecule has 3 atom stereocenters. The molecule has 1 saturated carbocycles. The van der Waals surface area contributed by atoms with E-state index in [0.717, 1.165) is 25.7 Å². The smallest absolute Gasteiger partial charge is 0.408 e. The van der Waals surface area contributed by atoms with Gasteiger partial charge in [-0.3, -0.25) is 14.4 Å². The van der Waals surface area contributed by atoms with Crippen LogP contribution < -0.4 is 16.0 Å². The number of carbonyl (C=O) groups excluding carboxylic acids is 4. The largest absolute Gasteiger partial charge is 0.444 e. The van der Waals surface area contributed by atoms with Gasteiger partial charge in [0.25, 0.3) is 0 Å². The molecule has 2 fully saturated rings. The average molecular weight is 576 g/mol. The van der Waals surface area contributed by atoms with Crippen molar-refractivity contribution in [2.75, 3.05) is 38.5 Å². The van der Waals surface area contributed by atoms with Gasteiger partial charge in [0.15, 0.2) is 0 Å². The molecule has 0 spiro atoms. The third-order valence-corrected chi connectivity index (χ3v) is 8.09. The lowest BCUT2D eigenvalue weighted by atomic mass is 9.79. The fourth-order valence-corrected chi connectivity index (χ4v) is 5.50. The summed E-state index contributed by atoms with van der Waals surface area (Å²) in [6.45, 7) is 11.6. The van der Waals surface area contributed by atoms with E-state index in [9.17, 15) is 19.2 Å². The Kier molecular flexibility index (Phi) is 11.1. The van der Waals surface area contributed by atoms with Crippen LogP contribution in [-0.4, -0.2) is 85.0 Å². The highest BCUT2D eigenvalue weighted by atomic mass is 19.1. The Hall–Kier alpha value is -3.21. The maximum Gasteiger partial charge on any atom is 0.408 e. The number of hydrogen-bond donors (Lipinski definition) is 3. The number of amides is 4. The summed E-state index contributed by atoms with van der Waals surface area (Å²) in [7, 11) is 1.98. The highest BCUT2D eigenvalue weighted by Crippen LogP contribution is 2.31. The highest BCUT2D eigenvalue weighted by Gasteiger charge is 2.35. The van der Waals surface area contributed by atoms with Crippen LogP contribution in [0.2, 0.25) is 0 Å². The summed E-state index contributed by atoms with van der Waals surface area (Å²) < 4.78 is 20.8. The molecule has 0 aromatic heterocycles. The van der Waals surface area contributed by atoms with Gasteiger partial charge in [-0.15, -0.1) is 0 Å². The average Bonchev–Trinajstić information content (AvgIpc) is 2.90. The number of anilines is 1. The molecule has 1 saturated heterocycles. The van der Waals surface area contributed by atoms with Gasteiger partial charge in [-0.1, -0.05) is 32.8 Å². The lowest BCUT2D eigenvalue weighted by Crippen LogP contribution is -2.56. The number of likely N-dealkylation sites (N-methyl/N-ethyl adjacent to an activating group) is 1. The predicted octanol–water partition coefficient (Wildman–Crippen LogP) is 3.48. The maximum atomic E-state index is 15.3. The fraction of sp³-hybridized carbons (Fsp3) is 0.667. The first-order valence-corrected chi connectivity index (χ1v) is 14.6. The summed E-state index contributed by atoms with van der Waals surface area (Å²) in [6, 6.07) is 2.62. The van der Waals surface area contributed by atoms with E-state index in [4.69, 9.17) is 4.74 Å². The van der Waals surface area contributed by atoms with E-state index in [1.54, 1.807) is 38.7 Å². The zero-order valence-corrected chi connectivity index (χ0v) is 25.2. The summed E-state index contributed by atoms with van der Waals surface area (Å²) in [6.07, 6.45) is 3.35. The third-order valence-electron chi connectivity index (χ3n) is 8.09. The van der Waals surface area contributed by atoms with Gasteiger partial charge < -0.3 is 30.5 Å². The molecule has 0 radical (unpaired) electrons. The van der Waals surface area contributed by atoms with Gasteiger partial charge in [-0.25, -0.2) is 9.18 Å². The minimum absolute atomic E-state index is 0.0148. The number of piperazine rings is 1. The molecule has 0 bridgehead atoms. The Morgan fingerprint density at radius 1 is 1.07 bits per heavy atom. The molecular formula is C30H46FN5O5. The molecule has 10 nitrogen and oxygen atoms in total. The van der Waals surface area contributed by atoms with Gasteiger partial charge >= 0.3 is 6.09 Å². The molecule has 3 N–H and O–H groups in total. The van der Waals surface area contributed by atoms with Gasteiger partial charge in [-0.2, -0.15) is 0 Å². The molecule has 1 heterocycles. The van der Waals surface area contributed by atoms with Gasteiger partial charge in [0.2, 0.25) is 18.2 Å². The molecule has 41 heavy (non-hydrogen) atoms. The molecule has 1 aliphatic carbocycles. The van der Waals surface area contributed by atoms with Crippen molar-refractivity contribution in [1.82, 2.24) is 20.4 Å². The van der Waals surface area contributed by atoms with Crippen LogP contribution in [-0.2, 0) is 19.1 Å². The van der Waals surface area contributed by atoms with E-state index in [1.807, 2.05) is 7.05 Å². The van der Waals surface area contributed by atoms with Crippen LogP contribution in [0.1, 0.15) is 71.8 Å². The van der Waals surface area contributed by atoms with Crippen molar-refractivity contribution in [1.29, 1.82) is 0 Å². The molecule has 228 valence electrons. The van der Waals surface area contributed by atoms with Crippen LogP contribution in [0.25, 0.3) is 0 Å². The molecule has 1 aliphatic heterocycles. The van der Waals surface area contributed by atoms with Gasteiger partial charge in [0.1, 0.15) is 23.5 Å². The second-order valence-electron chi connectivity index (χ2n) is 12.6. The van der Waals surface area contributed by atoms with Crippen molar-refractivity contribution >= 4 is 30.0 Å². The first-order valence-electron chi connectivity index (χ1n) is 14.6. The SMILES string of the molecule is C[C@@H](c1ccc(NC(=O)[C@@H](NC=O)[C@H]2CC[C@H](C)CC2)c(F)c1)[C@@H](NC(=O)OC(C)(C)C)C(=O)N1CCN(C)CC1. The van der Waals surface area contributed by atoms with E-state index in [-0.39, 0.29) is 17.5 Å². The van der Waals surface area contributed by atoms with Crippen LogP contribution in [0.5, 0.6) is 0 Å². The number of nitrogens with one attached hydrogen (secondary N) is 3. The van der Waals surface area contributed by atoms with Crippen molar-refractivity contribution in [3.05, 3.63) is 29.6 Å². The minimum atomic E-state index is -0.983. The van der Waals surface area contributed by atoms with Crippen molar-refractivity contribution in [2.45, 2.75) is 83.9 Å². The van der Waals surface area contributed by atoms with Crippen molar-refractivity contribution < 1.29 is 28.3 Å². The quantitative estimate of drug-likeness (QED) is 0.388. The third kappa shape index (κ3) is 9.14. The molecule has 3 rings (SSSR count). The number of rotatable bonds is 9. The number of halogens is 1. The van der Waals surface area contributed by atoms with Gasteiger partial charge in [-0.05, 0) is 70.2 Å². The van der Waals surface area contributed by atoms with E-state index >= 15 is 4.39 Å². The normalized spacial score (nSPS) is 22.2. The second-order valence-corrected chi connectivity index (χ2v) is 12.6. The van der Waals surface area contributed by atoms with E-state index in [0.29, 0.717) is 44.1 Å². The Morgan fingerprint density at radius 3 is 2.27 bits per heavy atom. The Bertz CT molecular complexity index is 1080. The summed E-state index contributed by atoms with van der Waals surface area (Å²) in [4.78, 5) is 54.4. The molecule has 0 unspecified atom stereocenters. The van der Waals surface area contributed by atoms with Crippen molar-refractivity contribution in [3.8, 4) is 0 Å². The second kappa shape index (κ2) is 14.1. The fourth-order valence-electron chi connectivity index (χ4n) is 5.50. The predicted molar refractivity (Wildman–Crippen MR) is 155 cm³/mol. The van der Waals surface area contributed by atoms with Gasteiger partial charge in [0.05, 0.1) is 5.69 Å². The van der Waals surface area contributed by atoms with Crippen molar-refractivity contribution in [3.63, 3.8) is 0 Å². The Morgan fingerprint density at radius 2 is 1.71 bits per heavy atom. The van der Waals surface area contributed by atoms with Crippen molar-refractivity contribution in [2.24, 2.45) is 11.8 Å². The molecule has 11 heteroatoms. The summed E-state index contributed by atoms with van der Waals surface area (Å²) in [5.41, 5.74) is -0.296. The highest BCUT2D eigenvalue weighted by molar-refractivity contribution is 5.96. The lowest BCUT2D eigenvalue weighted by Gasteiger charge is -2.36. The van der Waals surface area contributed by atoms with Crippen LogP contribution in [0.4, 0.5) is 14.9 Å². The number of benzene rings is 1. The summed E-state index contributed by atoms with van der Waals surface area (Å²) in [5, 5.41) is 7.97.